The summed E-state index contributed by atoms with van der Waals surface area (Å²) in [6.45, 7) is 5.51. The Hall–Kier alpha value is -4.24. The second kappa shape index (κ2) is 18.3. The van der Waals surface area contributed by atoms with Crippen LogP contribution in [-0.2, 0) is 33.9 Å². The molecule has 0 aromatic heterocycles. The number of hydrogen-bond acceptors (Lipinski definition) is 8. The summed E-state index contributed by atoms with van der Waals surface area (Å²) in [6, 6.07) is 10.8. The van der Waals surface area contributed by atoms with Crippen molar-refractivity contribution in [1.82, 2.24) is 19.8 Å². The van der Waals surface area contributed by atoms with Gasteiger partial charge in [-0.1, -0.05) is 37.3 Å². The van der Waals surface area contributed by atoms with E-state index in [-0.39, 0.29) is 54.1 Å². The van der Waals surface area contributed by atoms with Gasteiger partial charge in [0.2, 0.25) is 21.8 Å². The number of ether oxygens (including phenoxy) is 1. The van der Waals surface area contributed by atoms with Crippen molar-refractivity contribution in [3.63, 3.8) is 0 Å². The van der Waals surface area contributed by atoms with Crippen LogP contribution in [-0.4, -0.2) is 98.4 Å². The lowest BCUT2D eigenvalue weighted by Gasteiger charge is -2.34. The lowest BCUT2D eigenvalue weighted by Crippen LogP contribution is -2.52. The van der Waals surface area contributed by atoms with Gasteiger partial charge in [0.1, 0.15) is 6.04 Å². The zero-order valence-corrected chi connectivity index (χ0v) is 28.5. The SMILES string of the molecule is CC(=O)O.CCCC(=O)OC[C@H]1CCCN(C(=O)C[C@H](NS(=O)(=O)c2ccc3ccccc3c2)C(=O)NC[C@@H]2CCCN(C(=N)N)C2)C1. The number of likely N-dealkylation sites (tertiary alicyclic amines) is 2. The van der Waals surface area contributed by atoms with Gasteiger partial charge in [-0.05, 0) is 60.9 Å². The van der Waals surface area contributed by atoms with Gasteiger partial charge in [0.15, 0.2) is 5.96 Å². The molecule has 2 heterocycles. The van der Waals surface area contributed by atoms with Crippen LogP contribution in [0.3, 0.4) is 0 Å². The van der Waals surface area contributed by atoms with E-state index in [1.807, 2.05) is 31.2 Å². The smallest absolute Gasteiger partial charge is 0.305 e. The van der Waals surface area contributed by atoms with E-state index < -0.39 is 27.9 Å². The van der Waals surface area contributed by atoms with Gasteiger partial charge in [-0.2, -0.15) is 4.72 Å². The summed E-state index contributed by atoms with van der Waals surface area (Å²) in [5.41, 5.74) is 5.65. The topological polar surface area (TPSA) is 212 Å². The first-order valence-corrected chi connectivity index (χ1v) is 17.8. The van der Waals surface area contributed by atoms with Crippen molar-refractivity contribution >= 4 is 50.5 Å². The van der Waals surface area contributed by atoms with Crippen molar-refractivity contribution in [2.45, 2.75) is 69.7 Å². The molecule has 0 aliphatic carbocycles. The molecule has 2 aliphatic heterocycles. The Kier molecular flexibility index (Phi) is 14.6. The molecular formula is C33H48N6O8S. The second-order valence-corrected chi connectivity index (χ2v) is 14.0. The Bertz CT molecular complexity index is 1550. The minimum atomic E-state index is -4.16. The predicted molar refractivity (Wildman–Crippen MR) is 180 cm³/mol. The summed E-state index contributed by atoms with van der Waals surface area (Å²) >= 11 is 0. The Morgan fingerprint density at radius 1 is 1.02 bits per heavy atom. The molecule has 14 nitrogen and oxygen atoms in total. The monoisotopic (exact) mass is 688 g/mol. The maximum absolute atomic E-state index is 13.5. The number of piperidine rings is 2. The van der Waals surface area contributed by atoms with E-state index in [1.54, 1.807) is 21.9 Å². The molecule has 2 aromatic carbocycles. The lowest BCUT2D eigenvalue weighted by atomic mass is 9.97. The van der Waals surface area contributed by atoms with Gasteiger partial charge in [0.25, 0.3) is 5.97 Å². The first kappa shape index (κ1) is 38.2. The predicted octanol–water partition coefficient (Wildman–Crippen LogP) is 2.27. The largest absolute Gasteiger partial charge is 0.481 e. The van der Waals surface area contributed by atoms with Gasteiger partial charge in [-0.3, -0.25) is 24.6 Å². The molecule has 6 N–H and O–H groups in total. The number of nitrogens with zero attached hydrogens (tertiary/aromatic N) is 2. The second-order valence-electron chi connectivity index (χ2n) is 12.3. The standard InChI is InChI=1S/C31H44N6O6S.C2H4O2/c1-2-7-29(39)43-21-23-9-6-14-36(20-23)28(38)17-27(30(40)34-18-22-8-5-15-37(19-22)31(32)33)35-44(41,42)26-13-12-24-10-3-4-11-25(24)16-26;1-2(3)4/h3-4,10-13,16,22-23,27,35H,2,5-9,14-15,17-21H2,1H3,(H3,32,33)(H,34,40);1H3,(H,3,4)/t22-,23-,27-;/m0./s1. The van der Waals surface area contributed by atoms with Crippen molar-refractivity contribution in [2.24, 2.45) is 17.6 Å². The zero-order chi connectivity index (χ0) is 35.3. The van der Waals surface area contributed by atoms with E-state index in [2.05, 4.69) is 10.0 Å². The lowest BCUT2D eigenvalue weighted by molar-refractivity contribution is -0.146. The highest BCUT2D eigenvalue weighted by Crippen LogP contribution is 2.22. The third-order valence-corrected chi connectivity index (χ3v) is 9.72. The fraction of sp³-hybridized carbons (Fsp3) is 0.545. The van der Waals surface area contributed by atoms with Crippen LogP contribution >= 0.6 is 0 Å². The molecule has 3 atom stereocenters. The van der Waals surface area contributed by atoms with Gasteiger partial charge in [0, 0.05) is 52.0 Å². The van der Waals surface area contributed by atoms with Crippen LogP contribution in [0.25, 0.3) is 10.8 Å². The summed E-state index contributed by atoms with van der Waals surface area (Å²) in [4.78, 5) is 51.2. The van der Waals surface area contributed by atoms with Crippen molar-refractivity contribution in [1.29, 1.82) is 5.41 Å². The van der Waals surface area contributed by atoms with Gasteiger partial charge in [-0.25, -0.2) is 8.42 Å². The fourth-order valence-electron chi connectivity index (χ4n) is 5.81. The number of hydrogen-bond donors (Lipinski definition) is 5. The highest BCUT2D eigenvalue weighted by atomic mass is 32.2. The maximum Gasteiger partial charge on any atom is 0.305 e. The van der Waals surface area contributed by atoms with Crippen LogP contribution in [0.2, 0.25) is 0 Å². The molecule has 2 aliphatic rings. The van der Waals surface area contributed by atoms with Gasteiger partial charge < -0.3 is 30.7 Å². The van der Waals surface area contributed by atoms with Crippen molar-refractivity contribution in [3.8, 4) is 0 Å². The highest BCUT2D eigenvalue weighted by Gasteiger charge is 2.32. The molecule has 0 unspecified atom stereocenters. The van der Waals surface area contributed by atoms with E-state index in [0.717, 1.165) is 43.4 Å². The van der Waals surface area contributed by atoms with Crippen LogP contribution < -0.4 is 15.8 Å². The molecule has 2 fully saturated rings. The molecule has 264 valence electrons. The van der Waals surface area contributed by atoms with Crippen LogP contribution in [0.5, 0.6) is 0 Å². The van der Waals surface area contributed by atoms with Crippen LogP contribution in [0, 0.1) is 17.2 Å². The number of carboxylic acid groups (broad SMARTS) is 1. The molecule has 2 aromatic rings. The number of carboxylic acids is 1. The Balaban J connectivity index is 0.00000148. The van der Waals surface area contributed by atoms with E-state index in [9.17, 15) is 22.8 Å². The Labute approximate surface area is 281 Å². The zero-order valence-electron chi connectivity index (χ0n) is 27.7. The van der Waals surface area contributed by atoms with Crippen LogP contribution in [0.4, 0.5) is 0 Å². The van der Waals surface area contributed by atoms with E-state index in [0.29, 0.717) is 39.0 Å². The van der Waals surface area contributed by atoms with E-state index in [1.165, 1.54) is 6.07 Å². The van der Waals surface area contributed by atoms with Crippen LogP contribution in [0.1, 0.15) is 58.8 Å². The number of guanidine groups is 1. The number of carbonyl (C=O) groups excluding carboxylic acids is 3. The quantitative estimate of drug-likeness (QED) is 0.125. The van der Waals surface area contributed by atoms with E-state index in [4.69, 9.17) is 25.8 Å². The third-order valence-electron chi connectivity index (χ3n) is 8.25. The average Bonchev–Trinajstić information content (AvgIpc) is 3.05. The Morgan fingerprint density at radius 2 is 1.65 bits per heavy atom. The number of nitrogens with one attached hydrogen (secondary N) is 3. The number of rotatable bonds is 12. The average molecular weight is 689 g/mol. The van der Waals surface area contributed by atoms with E-state index >= 15 is 0 Å². The number of fused-ring (bicyclic) bond motifs is 1. The molecule has 0 bridgehead atoms. The minimum Gasteiger partial charge on any atom is -0.481 e. The van der Waals surface area contributed by atoms with Crippen molar-refractivity contribution < 1.29 is 37.4 Å². The number of carbonyl (C=O) groups is 4. The van der Waals surface area contributed by atoms with Gasteiger partial charge in [-0.15, -0.1) is 0 Å². The number of sulfonamides is 1. The van der Waals surface area contributed by atoms with Gasteiger partial charge >= 0.3 is 5.97 Å². The molecule has 2 saturated heterocycles. The minimum absolute atomic E-state index is 0.00207. The number of benzene rings is 2. The first-order valence-electron chi connectivity index (χ1n) is 16.3. The molecule has 0 radical (unpaired) electrons. The molecule has 0 spiro atoms. The maximum atomic E-state index is 13.5. The molecule has 15 heteroatoms. The van der Waals surface area contributed by atoms with Gasteiger partial charge in [0.05, 0.1) is 17.9 Å². The molecule has 4 rings (SSSR count). The summed E-state index contributed by atoms with van der Waals surface area (Å²) in [5.74, 6) is -2.05. The summed E-state index contributed by atoms with van der Waals surface area (Å²) < 4.78 is 34.9. The third kappa shape index (κ3) is 12.1. The molecular weight excluding hydrogens is 640 g/mol. The fourth-order valence-corrected chi connectivity index (χ4v) is 7.05. The molecule has 0 saturated carbocycles. The van der Waals surface area contributed by atoms with Crippen LogP contribution in [0.15, 0.2) is 47.4 Å². The molecule has 48 heavy (non-hydrogen) atoms. The number of aliphatic carboxylic acids is 1. The normalized spacial score (nSPS) is 18.6. The Morgan fingerprint density at radius 3 is 2.31 bits per heavy atom. The number of nitrogens with two attached hydrogens (primary N) is 1. The van der Waals surface area contributed by atoms with Crippen molar-refractivity contribution in [3.05, 3.63) is 42.5 Å². The van der Waals surface area contributed by atoms with Crippen molar-refractivity contribution in [2.75, 3.05) is 39.3 Å². The number of amides is 2. The summed E-state index contributed by atoms with van der Waals surface area (Å²) in [6.07, 6.45) is 3.86. The highest BCUT2D eigenvalue weighted by molar-refractivity contribution is 7.89. The molecule has 2 amide bonds. The summed E-state index contributed by atoms with van der Waals surface area (Å²) in [5, 5.41) is 19.6. The summed E-state index contributed by atoms with van der Waals surface area (Å²) in [7, 11) is -4.16. The first-order chi connectivity index (χ1) is 22.8. The number of esters is 1.